The number of nitrogens with one attached hydrogen (secondary N) is 2. The molecule has 1 aromatic carbocycles. The van der Waals surface area contributed by atoms with Crippen molar-refractivity contribution in [3.63, 3.8) is 0 Å². The molecule has 1 heterocycles. The second-order valence-corrected chi connectivity index (χ2v) is 8.85. The molecule has 0 fully saturated rings. The molecule has 0 spiro atoms. The predicted octanol–water partition coefficient (Wildman–Crippen LogP) is 7.56. The van der Waals surface area contributed by atoms with Crippen LogP contribution in [0.1, 0.15) is 102 Å². The highest BCUT2D eigenvalue weighted by Crippen LogP contribution is 2.23. The summed E-state index contributed by atoms with van der Waals surface area (Å²) >= 11 is 0. The zero-order valence-electron chi connectivity index (χ0n) is 20.2. The van der Waals surface area contributed by atoms with E-state index in [4.69, 9.17) is 5.73 Å². The van der Waals surface area contributed by atoms with Gasteiger partial charge in [0.15, 0.2) is 11.6 Å². The van der Waals surface area contributed by atoms with Crippen LogP contribution in [-0.2, 0) is 6.54 Å². The number of benzene rings is 1. The van der Waals surface area contributed by atoms with Crippen molar-refractivity contribution in [2.45, 2.75) is 103 Å². The SMILES string of the molecule is CCCCCCCCCCCCCCCCNc1ncnc(NCc2ccccc2)c1N. The Kier molecular flexibility index (Phi) is 14.0. The van der Waals surface area contributed by atoms with Crippen LogP contribution in [0, 0.1) is 0 Å². The van der Waals surface area contributed by atoms with Gasteiger partial charge in [-0.3, -0.25) is 0 Å². The first-order valence-corrected chi connectivity index (χ1v) is 12.9. The van der Waals surface area contributed by atoms with Crippen molar-refractivity contribution in [1.82, 2.24) is 9.97 Å². The fourth-order valence-corrected chi connectivity index (χ4v) is 3.99. The van der Waals surface area contributed by atoms with Crippen LogP contribution in [0.4, 0.5) is 17.3 Å². The molecule has 2 rings (SSSR count). The standard InChI is InChI=1S/C27H45N5/c1-2-3-4-5-6-7-8-9-10-11-12-13-14-18-21-29-26-25(28)27(32-23-31-26)30-22-24-19-16-15-17-20-24/h15-17,19-20,23H,2-14,18,21-22,28H2,1H3,(H2,29,30,31,32). The molecule has 0 aliphatic heterocycles. The monoisotopic (exact) mass is 439 g/mol. The summed E-state index contributed by atoms with van der Waals surface area (Å²) < 4.78 is 0. The van der Waals surface area contributed by atoms with Crippen molar-refractivity contribution in [2.75, 3.05) is 22.9 Å². The summed E-state index contributed by atoms with van der Waals surface area (Å²) in [5, 5.41) is 6.69. The van der Waals surface area contributed by atoms with E-state index in [-0.39, 0.29) is 0 Å². The van der Waals surface area contributed by atoms with Crippen molar-refractivity contribution in [3.8, 4) is 0 Å². The van der Waals surface area contributed by atoms with Gasteiger partial charge in [-0.2, -0.15) is 0 Å². The number of nitrogen functional groups attached to an aromatic ring is 1. The first-order chi connectivity index (χ1) is 15.8. The summed E-state index contributed by atoms with van der Waals surface area (Å²) in [6.07, 6.45) is 20.8. The maximum atomic E-state index is 6.26. The van der Waals surface area contributed by atoms with Crippen LogP contribution in [0.25, 0.3) is 0 Å². The molecule has 2 aromatic rings. The van der Waals surface area contributed by atoms with Crippen molar-refractivity contribution in [2.24, 2.45) is 0 Å². The number of unbranched alkanes of at least 4 members (excludes halogenated alkanes) is 13. The van der Waals surface area contributed by atoms with E-state index in [9.17, 15) is 0 Å². The number of anilines is 3. The van der Waals surface area contributed by atoms with Gasteiger partial charge in [-0.1, -0.05) is 121 Å². The van der Waals surface area contributed by atoms with Gasteiger partial charge in [0.25, 0.3) is 0 Å². The summed E-state index contributed by atoms with van der Waals surface area (Å²) in [5.74, 6) is 1.41. The Bertz CT molecular complexity index is 704. The molecule has 0 aliphatic rings. The van der Waals surface area contributed by atoms with Gasteiger partial charge in [-0.25, -0.2) is 9.97 Å². The van der Waals surface area contributed by atoms with E-state index in [0.717, 1.165) is 18.8 Å². The number of nitrogens with two attached hydrogens (primary N) is 1. The van der Waals surface area contributed by atoms with Gasteiger partial charge >= 0.3 is 0 Å². The first-order valence-electron chi connectivity index (χ1n) is 12.9. The van der Waals surface area contributed by atoms with Gasteiger partial charge in [-0.15, -0.1) is 0 Å². The van der Waals surface area contributed by atoms with Gasteiger partial charge in [0.1, 0.15) is 12.0 Å². The zero-order chi connectivity index (χ0) is 22.7. The number of hydrogen-bond acceptors (Lipinski definition) is 5. The number of nitrogens with zero attached hydrogens (tertiary/aromatic N) is 2. The van der Waals surface area contributed by atoms with E-state index in [1.165, 1.54) is 89.0 Å². The van der Waals surface area contributed by atoms with E-state index < -0.39 is 0 Å². The molecule has 0 radical (unpaired) electrons. The molecule has 0 bridgehead atoms. The molecule has 5 nitrogen and oxygen atoms in total. The second-order valence-electron chi connectivity index (χ2n) is 8.85. The molecule has 0 aliphatic carbocycles. The highest BCUT2D eigenvalue weighted by atomic mass is 15.1. The van der Waals surface area contributed by atoms with E-state index >= 15 is 0 Å². The largest absolute Gasteiger partial charge is 0.393 e. The zero-order valence-corrected chi connectivity index (χ0v) is 20.2. The van der Waals surface area contributed by atoms with Crippen LogP contribution in [-0.4, -0.2) is 16.5 Å². The van der Waals surface area contributed by atoms with Crippen LogP contribution in [0.15, 0.2) is 36.7 Å². The molecular weight excluding hydrogens is 394 g/mol. The molecule has 0 saturated heterocycles. The van der Waals surface area contributed by atoms with Gasteiger partial charge in [0, 0.05) is 13.1 Å². The topological polar surface area (TPSA) is 75.9 Å². The minimum atomic E-state index is 0.591. The van der Waals surface area contributed by atoms with Crippen molar-refractivity contribution < 1.29 is 0 Å². The van der Waals surface area contributed by atoms with Crippen LogP contribution in [0.3, 0.4) is 0 Å². The molecule has 1 aromatic heterocycles. The average Bonchev–Trinajstić information content (AvgIpc) is 2.82. The third-order valence-electron chi connectivity index (χ3n) is 6.01. The second kappa shape index (κ2) is 17.3. The molecule has 0 saturated carbocycles. The molecule has 32 heavy (non-hydrogen) atoms. The fraction of sp³-hybridized carbons (Fsp3) is 0.630. The van der Waals surface area contributed by atoms with E-state index in [1.54, 1.807) is 6.33 Å². The Balaban J connectivity index is 1.47. The predicted molar refractivity (Wildman–Crippen MR) is 139 cm³/mol. The Labute approximate surface area is 196 Å². The molecule has 5 heteroatoms. The minimum absolute atomic E-state index is 0.591. The molecule has 178 valence electrons. The lowest BCUT2D eigenvalue weighted by molar-refractivity contribution is 0.537. The molecular formula is C27H45N5. The maximum absolute atomic E-state index is 6.26. The van der Waals surface area contributed by atoms with E-state index in [0.29, 0.717) is 18.1 Å². The summed E-state index contributed by atoms with van der Waals surface area (Å²) in [6.45, 7) is 3.88. The molecule has 0 atom stereocenters. The van der Waals surface area contributed by atoms with Crippen molar-refractivity contribution >= 4 is 17.3 Å². The van der Waals surface area contributed by atoms with Gasteiger partial charge in [0.2, 0.25) is 0 Å². The third kappa shape index (κ3) is 11.4. The Hall–Kier alpha value is -2.30. The smallest absolute Gasteiger partial charge is 0.155 e. The van der Waals surface area contributed by atoms with Crippen LogP contribution in [0.2, 0.25) is 0 Å². The Morgan fingerprint density at radius 1 is 0.656 bits per heavy atom. The Morgan fingerprint density at radius 3 is 1.72 bits per heavy atom. The lowest BCUT2D eigenvalue weighted by atomic mass is 10.0. The van der Waals surface area contributed by atoms with Gasteiger partial charge in [0.05, 0.1) is 0 Å². The minimum Gasteiger partial charge on any atom is -0.393 e. The maximum Gasteiger partial charge on any atom is 0.155 e. The first kappa shape index (κ1) is 26.0. The van der Waals surface area contributed by atoms with Crippen molar-refractivity contribution in [3.05, 3.63) is 42.2 Å². The number of hydrogen-bond donors (Lipinski definition) is 3. The highest BCUT2D eigenvalue weighted by molar-refractivity contribution is 5.73. The summed E-state index contributed by atoms with van der Waals surface area (Å²) in [6, 6.07) is 10.2. The highest BCUT2D eigenvalue weighted by Gasteiger charge is 2.07. The quantitative estimate of drug-likeness (QED) is 0.197. The molecule has 4 N–H and O–H groups in total. The lowest BCUT2D eigenvalue weighted by Gasteiger charge is -2.12. The number of aromatic nitrogens is 2. The summed E-state index contributed by atoms with van der Waals surface area (Å²) in [4.78, 5) is 8.60. The summed E-state index contributed by atoms with van der Waals surface area (Å²) in [7, 11) is 0. The van der Waals surface area contributed by atoms with E-state index in [2.05, 4.69) is 39.7 Å². The van der Waals surface area contributed by atoms with E-state index in [1.807, 2.05) is 18.2 Å². The average molecular weight is 440 g/mol. The van der Waals surface area contributed by atoms with Crippen LogP contribution in [0.5, 0.6) is 0 Å². The van der Waals surface area contributed by atoms with Crippen LogP contribution < -0.4 is 16.4 Å². The van der Waals surface area contributed by atoms with Gasteiger partial charge in [-0.05, 0) is 12.0 Å². The third-order valence-corrected chi connectivity index (χ3v) is 6.01. The lowest BCUT2D eigenvalue weighted by Crippen LogP contribution is -2.10. The molecule has 0 amide bonds. The fourth-order valence-electron chi connectivity index (χ4n) is 3.99. The Morgan fingerprint density at radius 2 is 1.16 bits per heavy atom. The number of rotatable bonds is 19. The van der Waals surface area contributed by atoms with Gasteiger partial charge < -0.3 is 16.4 Å². The summed E-state index contributed by atoms with van der Waals surface area (Å²) in [5.41, 5.74) is 8.05. The van der Waals surface area contributed by atoms with Crippen molar-refractivity contribution in [1.29, 1.82) is 0 Å². The molecule has 0 unspecified atom stereocenters. The normalized spacial score (nSPS) is 10.9. The van der Waals surface area contributed by atoms with Crippen LogP contribution >= 0.6 is 0 Å².